The fourth-order valence-corrected chi connectivity index (χ4v) is 3.24. The molecule has 2 aromatic rings. The van der Waals surface area contributed by atoms with Gasteiger partial charge >= 0.3 is 5.97 Å². The van der Waals surface area contributed by atoms with Crippen LogP contribution in [0, 0.1) is 5.82 Å². The first-order valence-corrected chi connectivity index (χ1v) is 8.99. The number of ether oxygens (including phenoxy) is 1. The highest BCUT2D eigenvalue weighted by Crippen LogP contribution is 2.23. The first-order valence-electron chi connectivity index (χ1n) is 7.46. The van der Waals surface area contributed by atoms with Crippen LogP contribution in [0.25, 0.3) is 0 Å². The number of halogens is 2. The van der Waals surface area contributed by atoms with E-state index in [0.29, 0.717) is 28.4 Å². The predicted molar refractivity (Wildman–Crippen MR) is 97.2 cm³/mol. The average molecular weight is 382 g/mol. The molecule has 0 aliphatic rings. The monoisotopic (exact) mass is 381 g/mol. The highest BCUT2D eigenvalue weighted by atomic mass is 35.5. The molecular weight excluding hydrogens is 365 g/mol. The molecule has 0 fully saturated rings. The van der Waals surface area contributed by atoms with Crippen molar-refractivity contribution in [1.82, 2.24) is 5.32 Å². The van der Waals surface area contributed by atoms with Gasteiger partial charge in [-0.25, -0.2) is 9.18 Å². The van der Waals surface area contributed by atoms with E-state index in [1.54, 1.807) is 36.4 Å². The van der Waals surface area contributed by atoms with Crippen molar-refractivity contribution in [2.45, 2.75) is 12.3 Å². The molecule has 132 valence electrons. The van der Waals surface area contributed by atoms with E-state index in [4.69, 9.17) is 11.6 Å². The summed E-state index contributed by atoms with van der Waals surface area (Å²) in [6, 6.07) is 11.3. The van der Waals surface area contributed by atoms with Crippen LogP contribution in [0.2, 0.25) is 5.02 Å². The quantitative estimate of drug-likeness (QED) is 0.741. The molecule has 25 heavy (non-hydrogen) atoms. The largest absolute Gasteiger partial charge is 0.465 e. The number of methoxy groups -OCH3 is 1. The lowest BCUT2D eigenvalue weighted by Gasteiger charge is -2.07. The van der Waals surface area contributed by atoms with Gasteiger partial charge in [0.2, 0.25) is 5.91 Å². The van der Waals surface area contributed by atoms with Crippen molar-refractivity contribution in [3.8, 4) is 0 Å². The minimum absolute atomic E-state index is 0.158. The Hall–Kier alpha value is -2.05. The van der Waals surface area contributed by atoms with Crippen LogP contribution in [0.4, 0.5) is 4.39 Å². The minimum Gasteiger partial charge on any atom is -0.465 e. The van der Waals surface area contributed by atoms with Crippen molar-refractivity contribution in [3.63, 3.8) is 0 Å². The van der Waals surface area contributed by atoms with Gasteiger partial charge in [0.15, 0.2) is 0 Å². The fourth-order valence-electron chi connectivity index (χ4n) is 2.04. The second-order valence-corrected chi connectivity index (χ2v) is 6.55. The molecule has 0 atom stereocenters. The summed E-state index contributed by atoms with van der Waals surface area (Å²) in [6.45, 7) is 0.349. The first-order chi connectivity index (χ1) is 12.0. The molecule has 0 aliphatic carbocycles. The second kappa shape index (κ2) is 9.44. The molecule has 1 amide bonds. The van der Waals surface area contributed by atoms with Crippen LogP contribution in [0.15, 0.2) is 42.5 Å². The van der Waals surface area contributed by atoms with E-state index in [1.807, 2.05) is 0 Å². The molecule has 0 saturated carbocycles. The van der Waals surface area contributed by atoms with Crippen LogP contribution in [-0.4, -0.2) is 24.7 Å². The fraction of sp³-hybridized carbons (Fsp3) is 0.222. The summed E-state index contributed by atoms with van der Waals surface area (Å²) in [7, 11) is 1.32. The molecule has 4 nitrogen and oxygen atoms in total. The van der Waals surface area contributed by atoms with Crippen LogP contribution in [-0.2, 0) is 21.8 Å². The van der Waals surface area contributed by atoms with Gasteiger partial charge in [0.1, 0.15) is 5.82 Å². The molecule has 2 rings (SSSR count). The van der Waals surface area contributed by atoms with Gasteiger partial charge in [-0.1, -0.05) is 29.8 Å². The van der Waals surface area contributed by atoms with Crippen molar-refractivity contribution in [1.29, 1.82) is 0 Å². The molecule has 0 spiro atoms. The van der Waals surface area contributed by atoms with Gasteiger partial charge in [0.05, 0.1) is 18.4 Å². The Morgan fingerprint density at radius 2 is 1.92 bits per heavy atom. The Bertz CT molecular complexity index is 732. The van der Waals surface area contributed by atoms with Crippen molar-refractivity contribution < 1.29 is 18.7 Å². The molecule has 1 N–H and O–H groups in total. The highest BCUT2D eigenvalue weighted by Gasteiger charge is 2.09. The lowest BCUT2D eigenvalue weighted by molar-refractivity contribution is -0.118. The molecule has 0 unspecified atom stereocenters. The zero-order valence-electron chi connectivity index (χ0n) is 13.6. The Morgan fingerprint density at radius 1 is 1.20 bits per heavy atom. The third-order valence-corrected chi connectivity index (χ3v) is 4.72. The van der Waals surface area contributed by atoms with Gasteiger partial charge in [0, 0.05) is 22.9 Å². The lowest BCUT2D eigenvalue weighted by Crippen LogP contribution is -2.24. The van der Waals surface area contributed by atoms with Gasteiger partial charge in [-0.05, 0) is 29.8 Å². The van der Waals surface area contributed by atoms with Crippen molar-refractivity contribution in [2.75, 3.05) is 12.9 Å². The number of nitrogens with one attached hydrogen (secondary N) is 1. The molecule has 0 saturated heterocycles. The molecule has 0 radical (unpaired) electrons. The van der Waals surface area contributed by atoms with Crippen molar-refractivity contribution in [3.05, 3.63) is 70.0 Å². The van der Waals surface area contributed by atoms with Crippen LogP contribution in [0.5, 0.6) is 0 Å². The smallest absolute Gasteiger partial charge is 0.337 e. The number of amides is 1. The maximum atomic E-state index is 13.6. The molecule has 0 heterocycles. The maximum Gasteiger partial charge on any atom is 0.337 e. The second-order valence-electron chi connectivity index (χ2n) is 5.16. The van der Waals surface area contributed by atoms with Gasteiger partial charge < -0.3 is 10.1 Å². The van der Waals surface area contributed by atoms with E-state index in [0.717, 1.165) is 5.56 Å². The summed E-state index contributed by atoms with van der Waals surface area (Å²) < 4.78 is 18.3. The van der Waals surface area contributed by atoms with Gasteiger partial charge in [0.25, 0.3) is 0 Å². The Labute approximate surface area is 154 Å². The number of rotatable bonds is 7. The van der Waals surface area contributed by atoms with Crippen LogP contribution in [0.1, 0.15) is 21.5 Å². The summed E-state index contributed by atoms with van der Waals surface area (Å²) in [5, 5.41) is 3.13. The summed E-state index contributed by atoms with van der Waals surface area (Å²) >= 11 is 7.23. The molecule has 0 bridgehead atoms. The van der Waals surface area contributed by atoms with E-state index in [9.17, 15) is 14.0 Å². The number of hydrogen-bond acceptors (Lipinski definition) is 4. The maximum absolute atomic E-state index is 13.6. The number of carbonyl (C=O) groups is 2. The summed E-state index contributed by atoms with van der Waals surface area (Å²) in [5.74, 6) is -0.406. The molecule has 0 aliphatic heterocycles. The van der Waals surface area contributed by atoms with Crippen molar-refractivity contribution >= 4 is 35.2 Å². The number of thioether (sulfide) groups is 1. The SMILES string of the molecule is COC(=O)c1ccc(CNC(=O)CSCc2c(F)cccc2Cl)cc1. The number of carbonyl (C=O) groups excluding carboxylic acids is 2. The zero-order valence-corrected chi connectivity index (χ0v) is 15.1. The number of hydrogen-bond donors (Lipinski definition) is 1. The Morgan fingerprint density at radius 3 is 2.56 bits per heavy atom. The van der Waals surface area contributed by atoms with Gasteiger partial charge in [-0.2, -0.15) is 0 Å². The standard InChI is InChI=1S/C18H17ClFNO3S/c1-24-18(23)13-7-5-12(6-8-13)9-21-17(22)11-25-10-14-15(19)3-2-4-16(14)20/h2-8H,9-11H2,1H3,(H,21,22). The first kappa shape index (κ1) is 19.3. The average Bonchev–Trinajstić information content (AvgIpc) is 2.62. The van der Waals surface area contributed by atoms with Crippen LogP contribution < -0.4 is 5.32 Å². The lowest BCUT2D eigenvalue weighted by atomic mass is 10.1. The molecule has 0 aromatic heterocycles. The van der Waals surface area contributed by atoms with E-state index in [1.165, 1.54) is 24.9 Å². The summed E-state index contributed by atoms with van der Waals surface area (Å²) in [6.07, 6.45) is 0. The van der Waals surface area contributed by atoms with E-state index >= 15 is 0 Å². The van der Waals surface area contributed by atoms with E-state index in [2.05, 4.69) is 10.1 Å². The van der Waals surface area contributed by atoms with Crippen molar-refractivity contribution in [2.24, 2.45) is 0 Å². The molecular formula is C18H17ClFNO3S. The van der Waals surface area contributed by atoms with E-state index < -0.39 is 5.97 Å². The third-order valence-electron chi connectivity index (χ3n) is 3.41. The summed E-state index contributed by atoms with van der Waals surface area (Å²) in [5.41, 5.74) is 1.72. The number of esters is 1. The van der Waals surface area contributed by atoms with Crippen LogP contribution >= 0.6 is 23.4 Å². The highest BCUT2D eigenvalue weighted by molar-refractivity contribution is 7.99. The summed E-state index contributed by atoms with van der Waals surface area (Å²) in [4.78, 5) is 23.2. The normalized spacial score (nSPS) is 10.4. The van der Waals surface area contributed by atoms with Gasteiger partial charge in [-0.15, -0.1) is 11.8 Å². The Balaban J connectivity index is 1.76. The van der Waals surface area contributed by atoms with E-state index in [-0.39, 0.29) is 17.5 Å². The predicted octanol–water partition coefficient (Wildman–Crippen LogP) is 3.82. The molecule has 7 heteroatoms. The zero-order chi connectivity index (χ0) is 18.2. The minimum atomic E-state index is -0.404. The third kappa shape index (κ3) is 5.76. The topological polar surface area (TPSA) is 55.4 Å². The van der Waals surface area contributed by atoms with Crippen LogP contribution in [0.3, 0.4) is 0 Å². The Kier molecular flexibility index (Phi) is 7.28. The number of benzene rings is 2. The molecule has 2 aromatic carbocycles. The van der Waals surface area contributed by atoms with Gasteiger partial charge in [-0.3, -0.25) is 4.79 Å².